The molecule has 3 heteroatoms. The fraction of sp³-hybridized carbons (Fsp3) is 0.200. The van der Waals surface area contributed by atoms with Crippen LogP contribution in [0, 0.1) is 0 Å². The zero-order valence-electron chi connectivity index (χ0n) is 13.1. The van der Waals surface area contributed by atoms with Gasteiger partial charge in [-0.25, -0.2) is 9.78 Å². The summed E-state index contributed by atoms with van der Waals surface area (Å²) in [6, 6.07) is 17.2. The van der Waals surface area contributed by atoms with E-state index in [1.54, 1.807) is 12.1 Å². The number of rotatable bonds is 5. The predicted octanol–water partition coefficient (Wildman–Crippen LogP) is 4.94. The van der Waals surface area contributed by atoms with E-state index in [0.717, 1.165) is 12.0 Å². The van der Waals surface area contributed by atoms with E-state index in [4.69, 9.17) is 0 Å². The normalized spacial score (nSPS) is 10.8. The number of benzene rings is 2. The van der Waals surface area contributed by atoms with Crippen molar-refractivity contribution in [3.63, 3.8) is 0 Å². The molecule has 0 radical (unpaired) electrons. The first-order valence-corrected chi connectivity index (χ1v) is 7.91. The van der Waals surface area contributed by atoms with Gasteiger partial charge in [0.1, 0.15) is 0 Å². The first-order valence-electron chi connectivity index (χ1n) is 7.91. The summed E-state index contributed by atoms with van der Waals surface area (Å²) >= 11 is 0. The van der Waals surface area contributed by atoms with Gasteiger partial charge >= 0.3 is 5.97 Å². The molecule has 2 aromatic carbocycles. The number of carboxylic acid groups (broad SMARTS) is 1. The number of carboxylic acids is 1. The Balaban J connectivity index is 2.04. The highest BCUT2D eigenvalue weighted by molar-refractivity contribution is 6.03. The number of pyridine rings is 1. The van der Waals surface area contributed by atoms with Gasteiger partial charge in [-0.15, -0.1) is 0 Å². The number of aromatic carboxylic acids is 1. The highest BCUT2D eigenvalue weighted by atomic mass is 16.4. The largest absolute Gasteiger partial charge is 0.478 e. The maximum Gasteiger partial charge on any atom is 0.336 e. The minimum absolute atomic E-state index is 0.292. The molecule has 116 valence electrons. The van der Waals surface area contributed by atoms with Crippen LogP contribution in [0.4, 0.5) is 0 Å². The molecule has 0 aliphatic carbocycles. The van der Waals surface area contributed by atoms with Gasteiger partial charge in [0, 0.05) is 10.9 Å². The number of hydrogen-bond donors (Lipinski definition) is 1. The lowest BCUT2D eigenvalue weighted by Gasteiger charge is -2.08. The Labute approximate surface area is 135 Å². The standard InChI is InChI=1S/C20H19NO2/c1-2-3-6-14-9-11-15(12-10-14)19-13-17(20(22)23)16-7-4-5-8-18(16)21-19/h4-5,7-13H,2-3,6H2,1H3,(H,22,23). The summed E-state index contributed by atoms with van der Waals surface area (Å²) in [5.74, 6) is -0.926. The molecule has 0 aliphatic rings. The highest BCUT2D eigenvalue weighted by Crippen LogP contribution is 2.25. The first-order chi connectivity index (χ1) is 11.2. The molecule has 0 spiro atoms. The predicted molar refractivity (Wildman–Crippen MR) is 92.8 cm³/mol. The quantitative estimate of drug-likeness (QED) is 0.726. The van der Waals surface area contributed by atoms with Crippen molar-refractivity contribution in [2.75, 3.05) is 0 Å². The average Bonchev–Trinajstić information content (AvgIpc) is 2.59. The van der Waals surface area contributed by atoms with Crippen molar-refractivity contribution in [3.05, 3.63) is 65.7 Å². The summed E-state index contributed by atoms with van der Waals surface area (Å²) in [5, 5.41) is 10.1. The van der Waals surface area contributed by atoms with Crippen molar-refractivity contribution in [2.24, 2.45) is 0 Å². The van der Waals surface area contributed by atoms with Crippen molar-refractivity contribution in [3.8, 4) is 11.3 Å². The van der Waals surface area contributed by atoms with E-state index in [2.05, 4.69) is 24.0 Å². The van der Waals surface area contributed by atoms with Crippen LogP contribution in [0.5, 0.6) is 0 Å². The summed E-state index contributed by atoms with van der Waals surface area (Å²) in [5.41, 5.74) is 3.94. The molecule has 0 atom stereocenters. The van der Waals surface area contributed by atoms with Crippen LogP contribution < -0.4 is 0 Å². The summed E-state index contributed by atoms with van der Waals surface area (Å²) in [4.78, 5) is 16.2. The van der Waals surface area contributed by atoms with Gasteiger partial charge in [-0.05, 0) is 30.5 Å². The zero-order chi connectivity index (χ0) is 16.2. The fourth-order valence-corrected chi connectivity index (χ4v) is 2.72. The molecule has 1 N–H and O–H groups in total. The third-order valence-electron chi connectivity index (χ3n) is 4.02. The van der Waals surface area contributed by atoms with Gasteiger partial charge in [0.25, 0.3) is 0 Å². The van der Waals surface area contributed by atoms with E-state index in [-0.39, 0.29) is 0 Å². The molecule has 0 unspecified atom stereocenters. The second kappa shape index (κ2) is 6.61. The van der Waals surface area contributed by atoms with E-state index in [1.165, 1.54) is 18.4 Å². The molecular formula is C20H19NO2. The number of fused-ring (bicyclic) bond motifs is 1. The molecule has 1 heterocycles. The molecule has 3 rings (SSSR count). The van der Waals surface area contributed by atoms with Gasteiger partial charge in [-0.1, -0.05) is 55.8 Å². The van der Waals surface area contributed by atoms with E-state index in [9.17, 15) is 9.90 Å². The summed E-state index contributed by atoms with van der Waals surface area (Å²) in [7, 11) is 0. The van der Waals surface area contributed by atoms with E-state index in [0.29, 0.717) is 22.2 Å². The molecule has 1 aromatic heterocycles. The minimum Gasteiger partial charge on any atom is -0.478 e. The topological polar surface area (TPSA) is 50.2 Å². The van der Waals surface area contributed by atoms with Gasteiger partial charge in [-0.3, -0.25) is 0 Å². The number of carbonyl (C=O) groups is 1. The van der Waals surface area contributed by atoms with Gasteiger partial charge in [0.05, 0.1) is 16.8 Å². The van der Waals surface area contributed by atoms with Crippen LogP contribution >= 0.6 is 0 Å². The average molecular weight is 305 g/mol. The smallest absolute Gasteiger partial charge is 0.336 e. The molecule has 0 aliphatic heterocycles. The Kier molecular flexibility index (Phi) is 4.38. The van der Waals surface area contributed by atoms with Crippen LogP contribution in [0.3, 0.4) is 0 Å². The second-order valence-corrected chi connectivity index (χ2v) is 5.68. The first kappa shape index (κ1) is 15.2. The number of unbranched alkanes of at least 4 members (excludes halogenated alkanes) is 1. The Morgan fingerprint density at radius 2 is 1.83 bits per heavy atom. The van der Waals surface area contributed by atoms with Crippen molar-refractivity contribution in [1.29, 1.82) is 0 Å². The van der Waals surface area contributed by atoms with Gasteiger partial charge in [-0.2, -0.15) is 0 Å². The monoisotopic (exact) mass is 305 g/mol. The zero-order valence-corrected chi connectivity index (χ0v) is 13.1. The van der Waals surface area contributed by atoms with Crippen molar-refractivity contribution >= 4 is 16.9 Å². The lowest BCUT2D eigenvalue weighted by molar-refractivity contribution is 0.0699. The lowest BCUT2D eigenvalue weighted by atomic mass is 10.0. The number of para-hydroxylation sites is 1. The van der Waals surface area contributed by atoms with Gasteiger partial charge in [0.15, 0.2) is 0 Å². The van der Waals surface area contributed by atoms with E-state index in [1.807, 2.05) is 30.3 Å². The molecule has 0 amide bonds. The van der Waals surface area contributed by atoms with Crippen LogP contribution in [0.2, 0.25) is 0 Å². The molecular weight excluding hydrogens is 286 g/mol. The molecule has 3 aromatic rings. The number of aryl methyl sites for hydroxylation is 1. The van der Waals surface area contributed by atoms with Crippen molar-refractivity contribution in [1.82, 2.24) is 4.98 Å². The van der Waals surface area contributed by atoms with Crippen molar-refractivity contribution < 1.29 is 9.90 Å². The number of aromatic nitrogens is 1. The Morgan fingerprint density at radius 3 is 2.52 bits per heavy atom. The Bertz CT molecular complexity index is 838. The van der Waals surface area contributed by atoms with Crippen LogP contribution in [-0.2, 0) is 6.42 Å². The van der Waals surface area contributed by atoms with Gasteiger partial charge in [0.2, 0.25) is 0 Å². The summed E-state index contributed by atoms with van der Waals surface area (Å²) < 4.78 is 0. The maximum absolute atomic E-state index is 11.5. The molecule has 3 nitrogen and oxygen atoms in total. The molecule has 0 bridgehead atoms. The molecule has 0 saturated carbocycles. The molecule has 23 heavy (non-hydrogen) atoms. The van der Waals surface area contributed by atoms with Crippen LogP contribution in [0.1, 0.15) is 35.7 Å². The van der Waals surface area contributed by atoms with Crippen molar-refractivity contribution in [2.45, 2.75) is 26.2 Å². The number of hydrogen-bond acceptors (Lipinski definition) is 2. The third kappa shape index (κ3) is 3.24. The SMILES string of the molecule is CCCCc1ccc(-c2cc(C(=O)O)c3ccccc3n2)cc1. The van der Waals surface area contributed by atoms with Crippen LogP contribution in [0.25, 0.3) is 22.2 Å². The molecule has 0 saturated heterocycles. The summed E-state index contributed by atoms with van der Waals surface area (Å²) in [6.45, 7) is 2.18. The van der Waals surface area contributed by atoms with E-state index >= 15 is 0 Å². The van der Waals surface area contributed by atoms with Gasteiger partial charge < -0.3 is 5.11 Å². The maximum atomic E-state index is 11.5. The molecule has 0 fully saturated rings. The highest BCUT2D eigenvalue weighted by Gasteiger charge is 2.12. The van der Waals surface area contributed by atoms with Crippen LogP contribution in [-0.4, -0.2) is 16.1 Å². The van der Waals surface area contributed by atoms with E-state index < -0.39 is 5.97 Å². The lowest BCUT2D eigenvalue weighted by Crippen LogP contribution is -2.00. The Morgan fingerprint density at radius 1 is 1.09 bits per heavy atom. The summed E-state index contributed by atoms with van der Waals surface area (Å²) in [6.07, 6.45) is 3.43. The minimum atomic E-state index is -0.926. The third-order valence-corrected chi connectivity index (χ3v) is 4.02. The second-order valence-electron chi connectivity index (χ2n) is 5.68. The Hall–Kier alpha value is -2.68. The fourth-order valence-electron chi connectivity index (χ4n) is 2.72. The number of nitrogens with zero attached hydrogens (tertiary/aromatic N) is 1. The van der Waals surface area contributed by atoms with Crippen LogP contribution in [0.15, 0.2) is 54.6 Å².